The molecule has 0 saturated carbocycles. The average Bonchev–Trinajstić information content (AvgIpc) is 3.08. The maximum atomic E-state index is 12.1. The molecule has 1 amide bonds. The Hall–Kier alpha value is -2.34. The molecule has 3 N–H and O–H groups in total. The van der Waals surface area contributed by atoms with Crippen LogP contribution in [0.15, 0.2) is 40.6 Å². The maximum Gasteiger partial charge on any atom is 0.252 e. The molecule has 0 aliphatic carbocycles. The van der Waals surface area contributed by atoms with Gasteiger partial charge in [-0.3, -0.25) is 4.79 Å². The molecule has 1 aromatic heterocycles. The minimum absolute atomic E-state index is 0.0189. The number of para-hydroxylation sites is 1. The summed E-state index contributed by atoms with van der Waals surface area (Å²) in [5, 5.41) is 0. The molecule has 0 fully saturated rings. The number of nitrogens with two attached hydrogens (primary N) is 1. The predicted molar refractivity (Wildman–Crippen MR) is 97.1 cm³/mol. The molecule has 0 unspecified atom stereocenters. The first kappa shape index (κ1) is 19.0. The van der Waals surface area contributed by atoms with E-state index in [0.717, 1.165) is 11.3 Å². The van der Waals surface area contributed by atoms with Gasteiger partial charge in [-0.05, 0) is 30.7 Å². The molecule has 0 atom stereocenters. The van der Waals surface area contributed by atoms with Gasteiger partial charge in [0, 0.05) is 4.88 Å². The van der Waals surface area contributed by atoms with Crippen molar-refractivity contribution in [2.75, 3.05) is 13.2 Å². The first-order chi connectivity index (χ1) is 11.9. The fourth-order valence-corrected chi connectivity index (χ4v) is 4.18. The number of carbonyl (C=O) groups is 1. The fourth-order valence-electron chi connectivity index (χ4n) is 1.92. The summed E-state index contributed by atoms with van der Waals surface area (Å²) in [6.07, 6.45) is 0.796. The number of thiophene rings is 1. The Morgan fingerprint density at radius 2 is 2.00 bits per heavy atom. The van der Waals surface area contributed by atoms with Gasteiger partial charge >= 0.3 is 0 Å². The topological polar surface area (TPSA) is 98.5 Å². The van der Waals surface area contributed by atoms with Gasteiger partial charge in [-0.1, -0.05) is 30.9 Å². The quantitative estimate of drug-likeness (QED) is 0.718. The van der Waals surface area contributed by atoms with E-state index in [1.165, 1.54) is 11.3 Å². The van der Waals surface area contributed by atoms with Gasteiger partial charge in [0.25, 0.3) is 15.9 Å². The fraction of sp³-hybridized carbons (Fsp3) is 0.235. The summed E-state index contributed by atoms with van der Waals surface area (Å²) in [4.78, 5) is 12.3. The number of carbonyl (C=O) groups excluding carboxylic acids is 1. The second kappa shape index (κ2) is 8.67. The summed E-state index contributed by atoms with van der Waals surface area (Å²) < 4.78 is 32.2. The third kappa shape index (κ3) is 5.32. The largest absolute Gasteiger partial charge is 0.480 e. The zero-order valence-electron chi connectivity index (χ0n) is 13.6. The van der Waals surface area contributed by atoms with Crippen LogP contribution in [0.25, 0.3) is 0 Å². The molecule has 132 valence electrons. The Morgan fingerprint density at radius 1 is 1.24 bits per heavy atom. The van der Waals surface area contributed by atoms with Crippen molar-refractivity contribution in [3.63, 3.8) is 0 Å². The van der Waals surface area contributed by atoms with Gasteiger partial charge in [-0.25, -0.2) is 8.42 Å². The second-order valence-electron chi connectivity index (χ2n) is 4.90. The van der Waals surface area contributed by atoms with Crippen LogP contribution < -0.4 is 15.2 Å². The zero-order valence-corrected chi connectivity index (χ0v) is 15.2. The van der Waals surface area contributed by atoms with Gasteiger partial charge in [0.15, 0.2) is 0 Å². The highest BCUT2D eigenvalue weighted by atomic mass is 32.2. The molecule has 1 aromatic carbocycles. The number of nitrogens with one attached hydrogen (secondary N) is 1. The highest BCUT2D eigenvalue weighted by Gasteiger charge is 2.15. The van der Waals surface area contributed by atoms with E-state index >= 15 is 0 Å². The number of rotatable bonds is 7. The minimum Gasteiger partial charge on any atom is -0.480 e. The van der Waals surface area contributed by atoms with E-state index in [9.17, 15) is 13.2 Å². The van der Waals surface area contributed by atoms with E-state index < -0.39 is 15.9 Å². The maximum absolute atomic E-state index is 12.1. The van der Waals surface area contributed by atoms with Crippen molar-refractivity contribution in [2.24, 2.45) is 5.73 Å². The molecule has 1 heterocycles. The molecule has 0 radical (unpaired) electrons. The van der Waals surface area contributed by atoms with Crippen molar-refractivity contribution in [2.45, 2.75) is 17.6 Å². The summed E-state index contributed by atoms with van der Waals surface area (Å²) >= 11 is 1.24. The zero-order chi connectivity index (χ0) is 18.3. The summed E-state index contributed by atoms with van der Waals surface area (Å²) in [5.74, 6) is 5.13. The lowest BCUT2D eigenvalue weighted by molar-refractivity contribution is 0.0997. The van der Waals surface area contributed by atoms with Crippen LogP contribution in [0.4, 0.5) is 0 Å². The van der Waals surface area contributed by atoms with Crippen LogP contribution in [0.5, 0.6) is 5.75 Å². The van der Waals surface area contributed by atoms with Crippen LogP contribution >= 0.6 is 11.3 Å². The molecule has 0 aliphatic heterocycles. The molecular formula is C17H18N2O4S2. The molecule has 0 spiro atoms. The summed E-state index contributed by atoms with van der Waals surface area (Å²) in [6, 6.07) is 9.96. The van der Waals surface area contributed by atoms with Crippen LogP contribution in [0, 0.1) is 11.8 Å². The second-order valence-corrected chi connectivity index (χ2v) is 8.06. The highest BCUT2D eigenvalue weighted by Crippen LogP contribution is 2.21. The van der Waals surface area contributed by atoms with Crippen LogP contribution in [0.1, 0.15) is 22.2 Å². The monoisotopic (exact) mass is 378 g/mol. The van der Waals surface area contributed by atoms with Crippen LogP contribution in [0.3, 0.4) is 0 Å². The summed E-state index contributed by atoms with van der Waals surface area (Å²) in [6.45, 7) is 1.96. The Balaban J connectivity index is 1.86. The lowest BCUT2D eigenvalue weighted by Gasteiger charge is -2.05. The lowest BCUT2D eigenvalue weighted by Crippen LogP contribution is -2.23. The Morgan fingerprint density at radius 3 is 2.68 bits per heavy atom. The van der Waals surface area contributed by atoms with Gasteiger partial charge in [0.05, 0.1) is 12.1 Å². The predicted octanol–water partition coefficient (Wildman–Crippen LogP) is 1.77. The van der Waals surface area contributed by atoms with Crippen LogP contribution in [-0.4, -0.2) is 27.5 Å². The third-order valence-electron chi connectivity index (χ3n) is 3.18. The van der Waals surface area contributed by atoms with Gasteiger partial charge in [-0.15, -0.1) is 11.3 Å². The van der Waals surface area contributed by atoms with Gasteiger partial charge in [-0.2, -0.15) is 4.72 Å². The number of sulfonamides is 1. The van der Waals surface area contributed by atoms with Gasteiger partial charge in [0.2, 0.25) is 0 Å². The van der Waals surface area contributed by atoms with E-state index in [2.05, 4.69) is 16.6 Å². The Kier molecular flexibility index (Phi) is 6.58. The molecular weight excluding hydrogens is 360 g/mol. The van der Waals surface area contributed by atoms with Crippen LogP contribution in [-0.2, 0) is 16.4 Å². The van der Waals surface area contributed by atoms with E-state index in [0.29, 0.717) is 5.75 Å². The normalized spacial score (nSPS) is 10.8. The Bertz CT molecular complexity index is 908. The molecule has 6 nitrogen and oxygen atoms in total. The van der Waals surface area contributed by atoms with Gasteiger partial charge < -0.3 is 10.5 Å². The number of amides is 1. The average molecular weight is 378 g/mol. The number of ether oxygens (including phenoxy) is 1. The van der Waals surface area contributed by atoms with Crippen molar-refractivity contribution < 1.29 is 17.9 Å². The molecule has 2 rings (SSSR count). The number of benzene rings is 1. The summed E-state index contributed by atoms with van der Waals surface area (Å²) in [5.41, 5.74) is 5.52. The standard InChI is InChI=1S/C17H18N2O4S2/c1-2-13-9-10-16(24-13)25(21,22)19-11-5-6-12-23-15-8-4-3-7-14(15)17(18)20/h3-4,7-10,19H,2,11-12H2,1H3,(H2,18,20). The van der Waals surface area contributed by atoms with Crippen molar-refractivity contribution in [1.82, 2.24) is 4.72 Å². The highest BCUT2D eigenvalue weighted by molar-refractivity contribution is 7.91. The van der Waals surface area contributed by atoms with Crippen molar-refractivity contribution >= 4 is 27.3 Å². The van der Waals surface area contributed by atoms with E-state index in [1.807, 2.05) is 6.92 Å². The number of hydrogen-bond acceptors (Lipinski definition) is 5. The first-order valence-electron chi connectivity index (χ1n) is 7.49. The SMILES string of the molecule is CCc1ccc(S(=O)(=O)NCC#CCOc2ccccc2C(N)=O)s1. The van der Waals surface area contributed by atoms with Crippen molar-refractivity contribution in [3.05, 3.63) is 46.8 Å². The Labute approximate surface area is 151 Å². The van der Waals surface area contributed by atoms with Crippen molar-refractivity contribution in [3.8, 4) is 17.6 Å². The summed E-state index contributed by atoms with van der Waals surface area (Å²) in [7, 11) is -3.54. The van der Waals surface area contributed by atoms with Crippen LogP contribution in [0.2, 0.25) is 0 Å². The molecule has 2 aromatic rings. The van der Waals surface area contributed by atoms with E-state index in [4.69, 9.17) is 10.5 Å². The minimum atomic E-state index is -3.54. The molecule has 8 heteroatoms. The molecule has 25 heavy (non-hydrogen) atoms. The van der Waals surface area contributed by atoms with E-state index in [1.54, 1.807) is 36.4 Å². The third-order valence-corrected chi connectivity index (χ3v) is 6.30. The molecule has 0 aliphatic rings. The first-order valence-corrected chi connectivity index (χ1v) is 9.79. The lowest BCUT2D eigenvalue weighted by atomic mass is 10.2. The number of hydrogen-bond donors (Lipinski definition) is 2. The smallest absolute Gasteiger partial charge is 0.252 e. The molecule has 0 saturated heterocycles. The van der Waals surface area contributed by atoms with Gasteiger partial charge in [0.1, 0.15) is 16.6 Å². The number of primary amides is 1. The van der Waals surface area contributed by atoms with E-state index in [-0.39, 0.29) is 22.9 Å². The molecule has 0 bridgehead atoms. The van der Waals surface area contributed by atoms with Crippen molar-refractivity contribution in [1.29, 1.82) is 0 Å². The number of aryl methyl sites for hydroxylation is 1.